The number of ether oxygens (including phenoxy) is 1. The quantitative estimate of drug-likeness (QED) is 0.697. The van der Waals surface area contributed by atoms with Gasteiger partial charge in [-0.2, -0.15) is 18.4 Å². The molecule has 2 aromatic carbocycles. The van der Waals surface area contributed by atoms with E-state index in [9.17, 15) is 22.8 Å². The molecule has 1 saturated carbocycles. The van der Waals surface area contributed by atoms with Crippen molar-refractivity contribution >= 4 is 17.5 Å². The van der Waals surface area contributed by atoms with Crippen molar-refractivity contribution in [3.63, 3.8) is 0 Å². The molecule has 4 rings (SSSR count). The molecule has 166 valence electrons. The summed E-state index contributed by atoms with van der Waals surface area (Å²) in [4.78, 5) is 28.4. The highest BCUT2D eigenvalue weighted by Gasteiger charge is 2.49. The first kappa shape index (κ1) is 21.7. The van der Waals surface area contributed by atoms with Gasteiger partial charge in [-0.25, -0.2) is 4.79 Å². The van der Waals surface area contributed by atoms with Crippen LogP contribution in [-0.4, -0.2) is 35.9 Å². The Hall–Kier alpha value is -3.54. The van der Waals surface area contributed by atoms with E-state index in [2.05, 4.69) is 0 Å². The Bertz CT molecular complexity index is 1090. The van der Waals surface area contributed by atoms with Crippen LogP contribution in [0, 0.1) is 11.3 Å². The monoisotopic (exact) mass is 443 g/mol. The van der Waals surface area contributed by atoms with Crippen LogP contribution in [0.25, 0.3) is 0 Å². The Balaban J connectivity index is 1.71. The Morgan fingerprint density at radius 2 is 1.84 bits per heavy atom. The van der Waals surface area contributed by atoms with Crippen LogP contribution in [0.2, 0.25) is 0 Å². The van der Waals surface area contributed by atoms with Gasteiger partial charge in [0.1, 0.15) is 11.5 Å². The fraction of sp³-hybridized carbons (Fsp3) is 0.348. The molecule has 0 N–H and O–H groups in total. The molecule has 1 heterocycles. The molecule has 1 saturated heterocycles. The lowest BCUT2D eigenvalue weighted by Crippen LogP contribution is -2.42. The van der Waals surface area contributed by atoms with E-state index in [1.807, 2.05) is 12.1 Å². The van der Waals surface area contributed by atoms with Gasteiger partial charge < -0.3 is 9.64 Å². The first-order valence-electron chi connectivity index (χ1n) is 10.1. The van der Waals surface area contributed by atoms with Crippen molar-refractivity contribution in [2.24, 2.45) is 0 Å². The highest BCUT2D eigenvalue weighted by Crippen LogP contribution is 2.40. The van der Waals surface area contributed by atoms with Gasteiger partial charge in [-0.3, -0.25) is 9.69 Å². The van der Waals surface area contributed by atoms with Crippen LogP contribution in [0.4, 0.5) is 23.7 Å². The average Bonchev–Trinajstić information content (AvgIpc) is 3.03. The molecule has 1 aliphatic carbocycles. The smallest absolute Gasteiger partial charge is 0.417 e. The van der Waals surface area contributed by atoms with Crippen LogP contribution in [0.3, 0.4) is 0 Å². The van der Waals surface area contributed by atoms with Crippen LogP contribution in [-0.2, 0) is 17.5 Å². The van der Waals surface area contributed by atoms with Crippen LogP contribution in [0.1, 0.15) is 36.0 Å². The molecule has 0 bridgehead atoms. The van der Waals surface area contributed by atoms with Crippen LogP contribution < -0.4 is 9.64 Å². The molecule has 2 aliphatic rings. The molecule has 6 nitrogen and oxygen atoms in total. The average molecular weight is 443 g/mol. The lowest BCUT2D eigenvalue weighted by Gasteiger charge is -2.31. The maximum atomic E-state index is 13.5. The summed E-state index contributed by atoms with van der Waals surface area (Å²) < 4.78 is 45.6. The van der Waals surface area contributed by atoms with E-state index >= 15 is 0 Å². The Morgan fingerprint density at radius 3 is 2.47 bits per heavy atom. The maximum absolute atomic E-state index is 13.5. The predicted molar refractivity (Wildman–Crippen MR) is 109 cm³/mol. The van der Waals surface area contributed by atoms with Gasteiger partial charge in [-0.1, -0.05) is 12.1 Å². The lowest BCUT2D eigenvalue weighted by atomic mass is 9.88. The minimum Gasteiger partial charge on any atom is -0.497 e. The molecule has 9 heteroatoms. The maximum Gasteiger partial charge on any atom is 0.417 e. The zero-order valence-electron chi connectivity index (χ0n) is 17.2. The minimum atomic E-state index is -4.74. The van der Waals surface area contributed by atoms with E-state index in [1.165, 1.54) is 11.0 Å². The molecule has 1 aliphatic heterocycles. The zero-order valence-corrected chi connectivity index (χ0v) is 17.2. The van der Waals surface area contributed by atoms with E-state index in [-0.39, 0.29) is 30.5 Å². The SMILES string of the molecule is COc1ccc(CN2C(=O)N(c3ccc(C#N)c(C(F)(F)F)c3)[C@@H]3CC(=O)CC[C@H]32)cc1. The summed E-state index contributed by atoms with van der Waals surface area (Å²) in [5, 5.41) is 9.06. The number of halogens is 3. The van der Waals surface area contributed by atoms with Crippen LogP contribution in [0.5, 0.6) is 5.75 Å². The number of anilines is 1. The molecule has 0 unspecified atom stereocenters. The summed E-state index contributed by atoms with van der Waals surface area (Å²) in [7, 11) is 1.55. The van der Waals surface area contributed by atoms with E-state index < -0.39 is 29.4 Å². The second kappa shape index (κ2) is 8.19. The Morgan fingerprint density at radius 1 is 1.12 bits per heavy atom. The van der Waals surface area contributed by atoms with Gasteiger partial charge in [0.2, 0.25) is 0 Å². The molecule has 0 aromatic heterocycles. The highest BCUT2D eigenvalue weighted by molar-refractivity contribution is 5.98. The van der Waals surface area contributed by atoms with Crippen molar-refractivity contribution in [3.8, 4) is 11.8 Å². The standard InChI is InChI=1S/C23H20F3N3O3/c1-32-18-7-2-14(3-8-18)13-28-20-9-6-17(30)11-21(20)29(22(28)31)16-5-4-15(12-27)19(10-16)23(24,25)26/h2-5,7-8,10,20-21H,6,9,11,13H2,1H3/t20-,21-/m1/s1. The number of carbonyl (C=O) groups excluding carboxylic acids is 2. The third-order valence-corrected chi connectivity index (χ3v) is 6.00. The fourth-order valence-corrected chi connectivity index (χ4v) is 4.45. The first-order chi connectivity index (χ1) is 15.2. The molecule has 0 spiro atoms. The number of methoxy groups -OCH3 is 1. The van der Waals surface area contributed by atoms with E-state index in [0.29, 0.717) is 18.6 Å². The van der Waals surface area contributed by atoms with Gasteiger partial charge >= 0.3 is 12.2 Å². The Labute approximate surface area is 182 Å². The van der Waals surface area contributed by atoms with Crippen molar-refractivity contribution in [3.05, 3.63) is 59.2 Å². The molecular weight excluding hydrogens is 423 g/mol. The molecular formula is C23H20F3N3O3. The summed E-state index contributed by atoms with van der Waals surface area (Å²) >= 11 is 0. The summed E-state index contributed by atoms with van der Waals surface area (Å²) in [5.74, 6) is 0.640. The number of alkyl halides is 3. The number of Topliss-reactive ketones (excluding diaryl/α,β-unsaturated/α-hetero) is 1. The number of amides is 2. The second-order valence-electron chi connectivity index (χ2n) is 7.88. The number of ketones is 1. The summed E-state index contributed by atoms with van der Waals surface area (Å²) in [6.45, 7) is 0.261. The van der Waals surface area contributed by atoms with Gasteiger partial charge in [-0.05, 0) is 42.3 Å². The number of carbonyl (C=O) groups is 2. The third kappa shape index (κ3) is 3.88. The minimum absolute atomic E-state index is 0.0277. The molecule has 2 fully saturated rings. The number of hydrogen-bond acceptors (Lipinski definition) is 4. The predicted octanol–water partition coefficient (Wildman–Crippen LogP) is 4.52. The number of urea groups is 1. The van der Waals surface area contributed by atoms with E-state index in [1.54, 1.807) is 30.2 Å². The fourth-order valence-electron chi connectivity index (χ4n) is 4.45. The van der Waals surface area contributed by atoms with Crippen LogP contribution >= 0.6 is 0 Å². The molecule has 2 atom stereocenters. The zero-order chi connectivity index (χ0) is 23.0. The van der Waals surface area contributed by atoms with Crippen LogP contribution in [0.15, 0.2) is 42.5 Å². The molecule has 0 radical (unpaired) electrons. The first-order valence-corrected chi connectivity index (χ1v) is 10.1. The molecule has 2 amide bonds. The second-order valence-corrected chi connectivity index (χ2v) is 7.88. The van der Waals surface area contributed by atoms with Crippen molar-refractivity contribution in [2.75, 3.05) is 12.0 Å². The number of nitriles is 1. The number of fused-ring (bicyclic) bond motifs is 1. The molecule has 32 heavy (non-hydrogen) atoms. The van der Waals surface area contributed by atoms with Crippen molar-refractivity contribution in [1.29, 1.82) is 5.26 Å². The number of nitrogens with zero attached hydrogens (tertiary/aromatic N) is 3. The van der Waals surface area contributed by atoms with E-state index in [4.69, 9.17) is 10.00 Å². The van der Waals surface area contributed by atoms with Crippen molar-refractivity contribution in [2.45, 2.75) is 44.1 Å². The number of hydrogen-bond donors (Lipinski definition) is 0. The third-order valence-electron chi connectivity index (χ3n) is 6.00. The van der Waals surface area contributed by atoms with E-state index in [0.717, 1.165) is 17.7 Å². The van der Waals surface area contributed by atoms with Crippen molar-refractivity contribution in [1.82, 2.24) is 4.90 Å². The molecule has 2 aromatic rings. The number of benzene rings is 2. The summed E-state index contributed by atoms with van der Waals surface area (Å²) in [6, 6.07) is 10.6. The normalized spacial score (nSPS) is 20.8. The Kier molecular flexibility index (Phi) is 5.55. The summed E-state index contributed by atoms with van der Waals surface area (Å²) in [6.07, 6.45) is -3.89. The van der Waals surface area contributed by atoms with Gasteiger partial charge in [0.25, 0.3) is 0 Å². The highest BCUT2D eigenvalue weighted by atomic mass is 19.4. The number of rotatable bonds is 4. The van der Waals surface area contributed by atoms with Gasteiger partial charge in [0, 0.05) is 25.1 Å². The van der Waals surface area contributed by atoms with Crippen molar-refractivity contribution < 1.29 is 27.5 Å². The van der Waals surface area contributed by atoms with Gasteiger partial charge in [0.15, 0.2) is 0 Å². The van der Waals surface area contributed by atoms with Gasteiger partial charge in [-0.15, -0.1) is 0 Å². The topological polar surface area (TPSA) is 73.6 Å². The summed E-state index contributed by atoms with van der Waals surface area (Å²) in [5.41, 5.74) is -0.743. The largest absolute Gasteiger partial charge is 0.497 e. The van der Waals surface area contributed by atoms with Gasteiger partial charge in [0.05, 0.1) is 36.4 Å². The lowest BCUT2D eigenvalue weighted by molar-refractivity contribution is -0.137.